The van der Waals surface area contributed by atoms with Crippen molar-refractivity contribution in [3.8, 4) is 17.1 Å². The molecule has 0 amide bonds. The van der Waals surface area contributed by atoms with Gasteiger partial charge in [0.05, 0.1) is 27.6 Å². The Morgan fingerprint density at radius 1 is 0.364 bits per heavy atom. The van der Waals surface area contributed by atoms with Crippen LogP contribution < -0.4 is 0 Å². The maximum Gasteiger partial charge on any atom is 0.222 e. The number of benzene rings is 6. The molecular formula is C39H25N5. The van der Waals surface area contributed by atoms with E-state index in [0.29, 0.717) is 0 Å². The maximum atomic E-state index is 5.42. The van der Waals surface area contributed by atoms with E-state index in [1.54, 1.807) is 0 Å². The van der Waals surface area contributed by atoms with Crippen molar-refractivity contribution < 1.29 is 0 Å². The molecule has 0 aliphatic rings. The summed E-state index contributed by atoms with van der Waals surface area (Å²) in [6.45, 7) is 0. The molecule has 0 bridgehead atoms. The molecule has 0 saturated carbocycles. The highest BCUT2D eigenvalue weighted by atomic mass is 15.2. The first-order valence-electron chi connectivity index (χ1n) is 14.9. The number of para-hydroxylation sites is 6. The molecule has 5 heteroatoms. The summed E-state index contributed by atoms with van der Waals surface area (Å²) in [5.41, 5.74) is 11.2. The van der Waals surface area contributed by atoms with E-state index in [9.17, 15) is 0 Å². The van der Waals surface area contributed by atoms with Gasteiger partial charge in [0.15, 0.2) is 5.65 Å². The summed E-state index contributed by atoms with van der Waals surface area (Å²) in [6, 6.07) is 53.9. The Bertz CT molecular complexity index is 2700. The summed E-state index contributed by atoms with van der Waals surface area (Å²) in [4.78, 5) is 5.42. The zero-order chi connectivity index (χ0) is 28.8. The number of rotatable bonds is 3. The molecule has 0 atom stereocenters. The van der Waals surface area contributed by atoms with Crippen LogP contribution in [0.4, 0.5) is 0 Å². The normalized spacial score (nSPS) is 12.1. The molecule has 0 aliphatic carbocycles. The molecule has 44 heavy (non-hydrogen) atoms. The second kappa shape index (κ2) is 8.72. The number of hydrogen-bond donors (Lipinski definition) is 0. The van der Waals surface area contributed by atoms with Crippen LogP contribution in [-0.4, -0.2) is 23.1 Å². The zero-order valence-corrected chi connectivity index (χ0v) is 23.7. The highest BCUT2D eigenvalue weighted by molar-refractivity contribution is 6.12. The van der Waals surface area contributed by atoms with Crippen molar-refractivity contribution in [2.45, 2.75) is 0 Å². The van der Waals surface area contributed by atoms with Crippen molar-refractivity contribution in [3.63, 3.8) is 0 Å². The molecule has 10 aromatic rings. The summed E-state index contributed by atoms with van der Waals surface area (Å²) >= 11 is 0. The van der Waals surface area contributed by atoms with E-state index in [2.05, 4.69) is 170 Å². The quantitative estimate of drug-likeness (QED) is 0.211. The second-order valence-electron chi connectivity index (χ2n) is 11.3. The first-order chi connectivity index (χ1) is 21.9. The molecule has 206 valence electrons. The van der Waals surface area contributed by atoms with Crippen molar-refractivity contribution in [3.05, 3.63) is 152 Å². The molecule has 0 radical (unpaired) electrons. The van der Waals surface area contributed by atoms with Crippen LogP contribution in [0.2, 0.25) is 0 Å². The van der Waals surface area contributed by atoms with Gasteiger partial charge in [0.1, 0.15) is 5.52 Å². The fraction of sp³-hybridized carbons (Fsp3) is 0. The van der Waals surface area contributed by atoms with Crippen LogP contribution in [0.3, 0.4) is 0 Å². The average molecular weight is 564 g/mol. The highest BCUT2D eigenvalue weighted by Gasteiger charge is 2.24. The van der Waals surface area contributed by atoms with Crippen LogP contribution in [0.15, 0.2) is 152 Å². The lowest BCUT2D eigenvalue weighted by atomic mass is 10.1. The Balaban J connectivity index is 1.32. The Hall–Kier alpha value is -6.07. The van der Waals surface area contributed by atoms with E-state index >= 15 is 0 Å². The predicted octanol–water partition coefficient (Wildman–Crippen LogP) is 9.47. The van der Waals surface area contributed by atoms with E-state index < -0.39 is 0 Å². The van der Waals surface area contributed by atoms with Crippen molar-refractivity contribution >= 4 is 60.7 Å². The van der Waals surface area contributed by atoms with E-state index in [0.717, 1.165) is 50.6 Å². The fourth-order valence-electron chi connectivity index (χ4n) is 7.15. The minimum Gasteiger partial charge on any atom is -0.309 e. The zero-order valence-electron chi connectivity index (χ0n) is 23.7. The van der Waals surface area contributed by atoms with Crippen LogP contribution >= 0.6 is 0 Å². The lowest BCUT2D eigenvalue weighted by molar-refractivity contribution is 1.09. The molecule has 0 spiro atoms. The fourth-order valence-corrected chi connectivity index (χ4v) is 7.15. The summed E-state index contributed by atoms with van der Waals surface area (Å²) < 4.78 is 9.29. The molecule has 0 aliphatic heterocycles. The Labute approximate surface area is 252 Å². The third kappa shape index (κ3) is 3.05. The van der Waals surface area contributed by atoms with Gasteiger partial charge in [0.25, 0.3) is 0 Å². The van der Waals surface area contributed by atoms with Gasteiger partial charge < -0.3 is 4.57 Å². The minimum atomic E-state index is 0.906. The van der Waals surface area contributed by atoms with Gasteiger partial charge in [-0.25, -0.2) is 0 Å². The molecule has 0 N–H and O–H groups in total. The van der Waals surface area contributed by atoms with Gasteiger partial charge >= 0.3 is 0 Å². The summed E-state index contributed by atoms with van der Waals surface area (Å²) in [5, 5.41) is 3.63. The molecule has 4 aromatic heterocycles. The van der Waals surface area contributed by atoms with Gasteiger partial charge in [-0.15, -0.1) is 0 Å². The van der Waals surface area contributed by atoms with E-state index in [1.807, 2.05) is 0 Å². The van der Waals surface area contributed by atoms with E-state index in [-0.39, 0.29) is 0 Å². The van der Waals surface area contributed by atoms with E-state index in [4.69, 9.17) is 4.98 Å². The lowest BCUT2D eigenvalue weighted by Crippen LogP contribution is -1.97. The topological polar surface area (TPSA) is 32.1 Å². The number of aromatic nitrogens is 5. The minimum absolute atomic E-state index is 0.906. The third-order valence-electron chi connectivity index (χ3n) is 8.96. The highest BCUT2D eigenvalue weighted by Crippen LogP contribution is 2.38. The molecule has 6 aromatic carbocycles. The molecule has 0 fully saturated rings. The third-order valence-corrected chi connectivity index (χ3v) is 8.96. The summed E-state index contributed by atoms with van der Waals surface area (Å²) in [7, 11) is 0. The monoisotopic (exact) mass is 563 g/mol. The Kier molecular flexibility index (Phi) is 4.66. The standard InChI is InChI=1S/C39H25N5/c1-3-13-26(14-4-1)41-32-19-9-7-17-29(32)31-25-28(23-24-34(31)41)42-33-20-10-8-18-30(33)37-38(42)40-39-43(27-15-5-2-6-16-27)35-21-11-12-22-36(35)44(37)39/h1-25H. The second-order valence-corrected chi connectivity index (χ2v) is 11.3. The van der Waals surface area contributed by atoms with Crippen LogP contribution in [-0.2, 0) is 0 Å². The van der Waals surface area contributed by atoms with Gasteiger partial charge in [-0.3, -0.25) is 13.5 Å². The largest absolute Gasteiger partial charge is 0.309 e. The van der Waals surface area contributed by atoms with E-state index in [1.165, 1.54) is 27.2 Å². The number of hydrogen-bond acceptors (Lipinski definition) is 1. The molecule has 0 unspecified atom stereocenters. The van der Waals surface area contributed by atoms with Crippen molar-refractivity contribution in [1.82, 2.24) is 23.1 Å². The first kappa shape index (κ1) is 23.5. The van der Waals surface area contributed by atoms with Crippen LogP contribution in [0.1, 0.15) is 0 Å². The van der Waals surface area contributed by atoms with Crippen molar-refractivity contribution in [2.24, 2.45) is 0 Å². The van der Waals surface area contributed by atoms with Crippen LogP contribution in [0.25, 0.3) is 77.7 Å². The Morgan fingerprint density at radius 2 is 0.909 bits per heavy atom. The van der Waals surface area contributed by atoms with Crippen molar-refractivity contribution in [1.29, 1.82) is 0 Å². The van der Waals surface area contributed by atoms with Gasteiger partial charge in [-0.2, -0.15) is 4.98 Å². The van der Waals surface area contributed by atoms with Gasteiger partial charge in [0.2, 0.25) is 5.78 Å². The summed E-state index contributed by atoms with van der Waals surface area (Å²) in [5.74, 6) is 0.906. The molecular weight excluding hydrogens is 538 g/mol. The van der Waals surface area contributed by atoms with Gasteiger partial charge in [-0.1, -0.05) is 84.9 Å². The SMILES string of the molecule is c1ccc(-n2c3ccccc3c3cc(-n4c5ccccc5c5c4nc4n(-c6ccccc6)c6ccccc6n54)ccc32)cc1. The molecule has 4 heterocycles. The predicted molar refractivity (Wildman–Crippen MR) is 181 cm³/mol. The first-order valence-corrected chi connectivity index (χ1v) is 14.9. The molecule has 10 rings (SSSR count). The molecule has 5 nitrogen and oxygen atoms in total. The number of imidazole rings is 2. The molecule has 0 saturated heterocycles. The van der Waals surface area contributed by atoms with Crippen LogP contribution in [0.5, 0.6) is 0 Å². The smallest absolute Gasteiger partial charge is 0.222 e. The average Bonchev–Trinajstić information content (AvgIpc) is 3.80. The number of fused-ring (bicyclic) bond motifs is 10. The maximum absolute atomic E-state index is 5.42. The lowest BCUT2D eigenvalue weighted by Gasteiger charge is -2.09. The Morgan fingerprint density at radius 3 is 1.64 bits per heavy atom. The van der Waals surface area contributed by atoms with Crippen molar-refractivity contribution in [2.75, 3.05) is 0 Å². The van der Waals surface area contributed by atoms with Gasteiger partial charge in [0, 0.05) is 33.2 Å². The number of nitrogens with zero attached hydrogens (tertiary/aromatic N) is 5. The van der Waals surface area contributed by atoms with Crippen LogP contribution in [0, 0.1) is 0 Å². The van der Waals surface area contributed by atoms with Gasteiger partial charge in [-0.05, 0) is 66.7 Å². The summed E-state index contributed by atoms with van der Waals surface area (Å²) in [6.07, 6.45) is 0.